The Bertz CT molecular complexity index is 554. The lowest BCUT2D eigenvalue weighted by Crippen LogP contribution is -2.21. The molecule has 0 aliphatic carbocycles. The average molecular weight is 293 g/mol. The Labute approximate surface area is 123 Å². The van der Waals surface area contributed by atoms with Gasteiger partial charge < -0.3 is 10.2 Å². The van der Waals surface area contributed by atoms with Gasteiger partial charge in [0.2, 0.25) is 0 Å². The Morgan fingerprint density at radius 2 is 2.20 bits per heavy atom. The molecule has 0 saturated heterocycles. The van der Waals surface area contributed by atoms with E-state index in [1.807, 2.05) is 24.1 Å². The largest absolute Gasteiger partial charge is 0.318 e. The standard InChI is InChI=1S/C15H20FN3S/c1-4-19(13-7-5-6-12(16)8-13)15-18-10-14(20-15)9-17-11(2)3/h5-8,10-11,17H,4,9H2,1-3H3. The van der Waals surface area contributed by atoms with Crippen molar-refractivity contribution in [1.29, 1.82) is 0 Å². The number of benzene rings is 1. The summed E-state index contributed by atoms with van der Waals surface area (Å²) in [5.74, 6) is -0.223. The van der Waals surface area contributed by atoms with E-state index < -0.39 is 0 Å². The maximum Gasteiger partial charge on any atom is 0.190 e. The zero-order valence-corrected chi connectivity index (χ0v) is 12.9. The lowest BCUT2D eigenvalue weighted by molar-refractivity contribution is 0.593. The highest BCUT2D eigenvalue weighted by Crippen LogP contribution is 2.29. The molecule has 0 aliphatic heterocycles. The molecule has 0 fully saturated rings. The number of halogens is 1. The van der Waals surface area contributed by atoms with Crippen LogP contribution in [0.15, 0.2) is 30.5 Å². The number of anilines is 2. The zero-order valence-electron chi connectivity index (χ0n) is 12.1. The second kappa shape index (κ2) is 6.81. The van der Waals surface area contributed by atoms with Crippen LogP contribution in [0.25, 0.3) is 0 Å². The number of hydrogen-bond donors (Lipinski definition) is 1. The fraction of sp³-hybridized carbons (Fsp3) is 0.400. The molecule has 1 aromatic carbocycles. The van der Waals surface area contributed by atoms with Gasteiger partial charge in [-0.3, -0.25) is 0 Å². The Balaban J connectivity index is 2.16. The summed E-state index contributed by atoms with van der Waals surface area (Å²) in [5, 5.41) is 4.27. The monoisotopic (exact) mass is 293 g/mol. The van der Waals surface area contributed by atoms with Crippen molar-refractivity contribution in [3.63, 3.8) is 0 Å². The van der Waals surface area contributed by atoms with Crippen LogP contribution < -0.4 is 10.2 Å². The SMILES string of the molecule is CCN(c1cccc(F)c1)c1ncc(CNC(C)C)s1. The van der Waals surface area contributed by atoms with Crippen molar-refractivity contribution in [1.82, 2.24) is 10.3 Å². The van der Waals surface area contributed by atoms with E-state index in [4.69, 9.17) is 0 Å². The number of aromatic nitrogens is 1. The molecule has 2 rings (SSSR count). The topological polar surface area (TPSA) is 28.2 Å². The smallest absolute Gasteiger partial charge is 0.190 e. The van der Waals surface area contributed by atoms with Crippen molar-refractivity contribution in [2.45, 2.75) is 33.4 Å². The third-order valence-corrected chi connectivity index (χ3v) is 3.91. The van der Waals surface area contributed by atoms with Crippen molar-refractivity contribution >= 4 is 22.2 Å². The molecule has 20 heavy (non-hydrogen) atoms. The highest BCUT2D eigenvalue weighted by atomic mass is 32.1. The third kappa shape index (κ3) is 3.77. The lowest BCUT2D eigenvalue weighted by Gasteiger charge is -2.19. The van der Waals surface area contributed by atoms with Crippen LogP contribution in [0.3, 0.4) is 0 Å². The maximum atomic E-state index is 13.3. The number of nitrogens with one attached hydrogen (secondary N) is 1. The minimum absolute atomic E-state index is 0.223. The van der Waals surface area contributed by atoms with E-state index in [9.17, 15) is 4.39 Å². The summed E-state index contributed by atoms with van der Waals surface area (Å²) in [7, 11) is 0. The predicted molar refractivity (Wildman–Crippen MR) is 83.2 cm³/mol. The van der Waals surface area contributed by atoms with Crippen LogP contribution in [0.2, 0.25) is 0 Å². The van der Waals surface area contributed by atoms with Crippen LogP contribution in [0, 0.1) is 5.82 Å². The van der Waals surface area contributed by atoms with Gasteiger partial charge in [0.15, 0.2) is 5.13 Å². The summed E-state index contributed by atoms with van der Waals surface area (Å²) in [4.78, 5) is 7.66. The molecule has 0 bridgehead atoms. The molecule has 0 aliphatic rings. The van der Waals surface area contributed by atoms with Gasteiger partial charge in [-0.05, 0) is 25.1 Å². The second-order valence-electron chi connectivity index (χ2n) is 4.87. The first-order valence-corrected chi connectivity index (χ1v) is 7.63. The van der Waals surface area contributed by atoms with Gasteiger partial charge in [0, 0.05) is 35.9 Å². The van der Waals surface area contributed by atoms with Crippen molar-refractivity contribution < 1.29 is 4.39 Å². The number of thiazole rings is 1. The van der Waals surface area contributed by atoms with E-state index in [1.165, 1.54) is 17.0 Å². The first kappa shape index (κ1) is 14.9. The summed E-state index contributed by atoms with van der Waals surface area (Å²) in [5.41, 5.74) is 0.838. The summed E-state index contributed by atoms with van der Waals surface area (Å²) < 4.78 is 13.3. The Hall–Kier alpha value is -1.46. The minimum Gasteiger partial charge on any atom is -0.318 e. The number of rotatable bonds is 6. The van der Waals surface area contributed by atoms with Crippen LogP contribution in [0.4, 0.5) is 15.2 Å². The van der Waals surface area contributed by atoms with Gasteiger partial charge in [-0.15, -0.1) is 11.3 Å². The molecule has 1 aromatic heterocycles. The zero-order chi connectivity index (χ0) is 14.5. The molecule has 0 amide bonds. The lowest BCUT2D eigenvalue weighted by atomic mass is 10.3. The van der Waals surface area contributed by atoms with Gasteiger partial charge in [-0.25, -0.2) is 9.37 Å². The van der Waals surface area contributed by atoms with E-state index in [0.29, 0.717) is 6.04 Å². The quantitative estimate of drug-likeness (QED) is 0.874. The van der Waals surface area contributed by atoms with Gasteiger partial charge in [0.1, 0.15) is 5.82 Å². The maximum absolute atomic E-state index is 13.3. The number of nitrogens with zero attached hydrogens (tertiary/aromatic N) is 2. The first-order valence-electron chi connectivity index (χ1n) is 6.81. The van der Waals surface area contributed by atoms with E-state index in [2.05, 4.69) is 24.1 Å². The van der Waals surface area contributed by atoms with Gasteiger partial charge >= 0.3 is 0 Å². The van der Waals surface area contributed by atoms with Gasteiger partial charge in [-0.1, -0.05) is 19.9 Å². The molecular formula is C15H20FN3S. The molecule has 2 aromatic rings. The molecule has 0 spiro atoms. The molecule has 0 saturated carbocycles. The Kier molecular flexibility index (Phi) is 5.09. The van der Waals surface area contributed by atoms with E-state index in [0.717, 1.165) is 23.9 Å². The van der Waals surface area contributed by atoms with Crippen LogP contribution in [-0.4, -0.2) is 17.6 Å². The predicted octanol–water partition coefficient (Wildman–Crippen LogP) is 3.94. The van der Waals surface area contributed by atoms with E-state index in [-0.39, 0.29) is 5.82 Å². The molecule has 108 valence electrons. The fourth-order valence-electron chi connectivity index (χ4n) is 1.88. The molecule has 0 radical (unpaired) electrons. The highest BCUT2D eigenvalue weighted by molar-refractivity contribution is 7.15. The van der Waals surface area contributed by atoms with E-state index >= 15 is 0 Å². The van der Waals surface area contributed by atoms with E-state index in [1.54, 1.807) is 17.4 Å². The first-order chi connectivity index (χ1) is 9.60. The van der Waals surface area contributed by atoms with Crippen molar-refractivity contribution in [3.05, 3.63) is 41.2 Å². The molecule has 0 unspecified atom stereocenters. The molecular weight excluding hydrogens is 273 g/mol. The van der Waals surface area contributed by atoms with Crippen molar-refractivity contribution in [2.24, 2.45) is 0 Å². The minimum atomic E-state index is -0.223. The van der Waals surface area contributed by atoms with Crippen molar-refractivity contribution in [3.8, 4) is 0 Å². The Morgan fingerprint density at radius 1 is 1.40 bits per heavy atom. The summed E-state index contributed by atoms with van der Waals surface area (Å²) >= 11 is 1.64. The molecule has 3 nitrogen and oxygen atoms in total. The van der Waals surface area contributed by atoms with Crippen LogP contribution >= 0.6 is 11.3 Å². The molecule has 0 atom stereocenters. The van der Waals surface area contributed by atoms with Gasteiger partial charge in [0.25, 0.3) is 0 Å². The molecule has 1 heterocycles. The molecule has 1 N–H and O–H groups in total. The normalized spacial score (nSPS) is 11.1. The summed E-state index contributed by atoms with van der Waals surface area (Å²) in [6.45, 7) is 7.85. The fourth-order valence-corrected chi connectivity index (χ4v) is 2.83. The van der Waals surface area contributed by atoms with Crippen LogP contribution in [-0.2, 0) is 6.54 Å². The summed E-state index contributed by atoms with van der Waals surface area (Å²) in [6, 6.07) is 7.07. The summed E-state index contributed by atoms with van der Waals surface area (Å²) in [6.07, 6.45) is 1.89. The van der Waals surface area contributed by atoms with Crippen LogP contribution in [0.1, 0.15) is 25.6 Å². The Morgan fingerprint density at radius 3 is 2.85 bits per heavy atom. The average Bonchev–Trinajstić information content (AvgIpc) is 2.86. The van der Waals surface area contributed by atoms with Gasteiger partial charge in [-0.2, -0.15) is 0 Å². The van der Waals surface area contributed by atoms with Gasteiger partial charge in [0.05, 0.1) is 0 Å². The third-order valence-electron chi connectivity index (χ3n) is 2.89. The van der Waals surface area contributed by atoms with Crippen LogP contribution in [0.5, 0.6) is 0 Å². The second-order valence-corrected chi connectivity index (χ2v) is 5.96. The number of hydrogen-bond acceptors (Lipinski definition) is 4. The molecule has 5 heteroatoms. The highest BCUT2D eigenvalue weighted by Gasteiger charge is 2.12. The van der Waals surface area contributed by atoms with Crippen molar-refractivity contribution in [2.75, 3.05) is 11.4 Å².